The van der Waals surface area contributed by atoms with Crippen LogP contribution in [0.15, 0.2) is 44.8 Å². The minimum Gasteiger partial charge on any atom is -0.461 e. The van der Waals surface area contributed by atoms with Crippen molar-refractivity contribution in [2.75, 3.05) is 6.61 Å². The SMILES string of the molecule is C/C(=N\OC(C)O)C(=O)C1=CC=C(Sc2c#cc(C(=O)OCCC(F)(F)F)cc2)CC1. The third-order valence-electron chi connectivity index (χ3n) is 3.87. The number of thioether (sulfide) groups is 1. The highest BCUT2D eigenvalue weighted by Crippen LogP contribution is 2.33. The Morgan fingerprint density at radius 2 is 2.00 bits per heavy atom. The molecule has 0 bridgehead atoms. The van der Waals surface area contributed by atoms with E-state index >= 15 is 0 Å². The molecule has 0 radical (unpaired) electrons. The largest absolute Gasteiger partial charge is 0.461 e. The lowest BCUT2D eigenvalue weighted by Crippen LogP contribution is -2.16. The highest BCUT2D eigenvalue weighted by atomic mass is 32.2. The Hall–Kier alpha value is -2.77. The number of carbonyl (C=O) groups excluding carboxylic acids is 2. The van der Waals surface area contributed by atoms with E-state index in [1.54, 1.807) is 18.2 Å². The van der Waals surface area contributed by atoms with Crippen LogP contribution in [0.3, 0.4) is 0 Å². The minimum atomic E-state index is -4.39. The van der Waals surface area contributed by atoms with E-state index in [-0.39, 0.29) is 17.1 Å². The number of alkyl halides is 3. The maximum atomic E-state index is 12.3. The fraction of sp³-hybridized carbons (Fsp3) is 0.381. The molecule has 1 aliphatic carbocycles. The van der Waals surface area contributed by atoms with Gasteiger partial charge in [-0.15, -0.1) is 0 Å². The lowest BCUT2D eigenvalue weighted by molar-refractivity contribution is -0.141. The number of carbonyl (C=O) groups is 2. The second-order valence-electron chi connectivity index (χ2n) is 6.50. The number of esters is 1. The van der Waals surface area contributed by atoms with E-state index in [0.717, 1.165) is 4.91 Å². The van der Waals surface area contributed by atoms with E-state index in [1.807, 2.05) is 0 Å². The van der Waals surface area contributed by atoms with Gasteiger partial charge in [-0.1, -0.05) is 41.2 Å². The molecular weight excluding hydrogens is 435 g/mol. The van der Waals surface area contributed by atoms with Gasteiger partial charge in [-0.2, -0.15) is 13.2 Å². The van der Waals surface area contributed by atoms with Crippen LogP contribution in [0.2, 0.25) is 0 Å². The number of aliphatic hydroxyl groups excluding tert-OH is 1. The van der Waals surface area contributed by atoms with E-state index in [1.165, 1.54) is 31.7 Å². The van der Waals surface area contributed by atoms with Gasteiger partial charge in [0.1, 0.15) is 17.9 Å². The summed E-state index contributed by atoms with van der Waals surface area (Å²) in [6, 6.07) is 8.37. The van der Waals surface area contributed by atoms with Crippen LogP contribution >= 0.6 is 11.8 Å². The number of hydrogen-bond donors (Lipinski definition) is 1. The number of oxime groups is 1. The van der Waals surface area contributed by atoms with E-state index in [9.17, 15) is 22.8 Å². The molecule has 0 aromatic heterocycles. The van der Waals surface area contributed by atoms with E-state index in [2.05, 4.69) is 26.9 Å². The van der Waals surface area contributed by atoms with Gasteiger partial charge in [0.05, 0.1) is 11.3 Å². The van der Waals surface area contributed by atoms with Crippen LogP contribution in [0.5, 0.6) is 0 Å². The summed E-state index contributed by atoms with van der Waals surface area (Å²) in [5.41, 5.74) is 0.690. The summed E-state index contributed by atoms with van der Waals surface area (Å²) in [7, 11) is 0. The van der Waals surface area contributed by atoms with Crippen LogP contribution in [0.25, 0.3) is 0 Å². The number of ether oxygens (including phenoxy) is 1. The van der Waals surface area contributed by atoms with Crippen molar-refractivity contribution in [3.63, 3.8) is 0 Å². The van der Waals surface area contributed by atoms with Crippen LogP contribution in [0.1, 0.15) is 43.5 Å². The molecule has 1 atom stereocenters. The van der Waals surface area contributed by atoms with Gasteiger partial charge in [0.25, 0.3) is 0 Å². The molecule has 6 nitrogen and oxygen atoms in total. The van der Waals surface area contributed by atoms with Crippen molar-refractivity contribution in [1.82, 2.24) is 0 Å². The first-order valence-corrected chi connectivity index (χ1v) is 10.1. The molecule has 10 heteroatoms. The van der Waals surface area contributed by atoms with Crippen molar-refractivity contribution in [2.24, 2.45) is 5.16 Å². The second kappa shape index (κ2) is 11.0. The molecule has 0 amide bonds. The molecule has 0 saturated heterocycles. The molecule has 1 aliphatic rings. The number of Topliss-reactive ketones (excluding diaryl/α,β-unsaturated/α-hetero) is 1. The minimum absolute atomic E-state index is 0.00824. The fourth-order valence-corrected chi connectivity index (χ4v) is 3.21. The molecular formula is C21H20F3NO5S. The standard InChI is InChI=1S/C21H20F3NO5S/c1-13(25-30-14(2)26)19(27)15-3-7-17(8-4-15)31-18-9-5-16(6-10-18)20(28)29-12-11-21(22,23)24/h3,5,7,9,14,26H,4,8,11-12H2,1-2H3/b25-13+. The molecule has 0 fully saturated rings. The van der Waals surface area contributed by atoms with Gasteiger partial charge < -0.3 is 14.7 Å². The zero-order valence-corrected chi connectivity index (χ0v) is 17.6. The van der Waals surface area contributed by atoms with Crippen LogP contribution in [0.4, 0.5) is 13.2 Å². The van der Waals surface area contributed by atoms with Crippen molar-refractivity contribution in [1.29, 1.82) is 0 Å². The Labute approximate surface area is 181 Å². The smallest absolute Gasteiger partial charge is 0.392 e. The molecule has 1 unspecified atom stereocenters. The fourth-order valence-electron chi connectivity index (χ4n) is 2.35. The first-order chi connectivity index (χ1) is 14.5. The van der Waals surface area contributed by atoms with Gasteiger partial charge in [0.15, 0.2) is 0 Å². The van der Waals surface area contributed by atoms with Gasteiger partial charge in [0, 0.05) is 12.5 Å². The van der Waals surface area contributed by atoms with Crippen LogP contribution in [-0.2, 0) is 14.4 Å². The highest BCUT2D eigenvalue weighted by Gasteiger charge is 2.27. The van der Waals surface area contributed by atoms with Crippen LogP contribution in [-0.4, -0.2) is 41.6 Å². The van der Waals surface area contributed by atoms with Gasteiger partial charge in [-0.3, -0.25) is 4.79 Å². The molecule has 0 heterocycles. The summed E-state index contributed by atoms with van der Waals surface area (Å²) in [6.07, 6.45) is -2.13. The summed E-state index contributed by atoms with van der Waals surface area (Å²) in [6.45, 7) is 2.13. The summed E-state index contributed by atoms with van der Waals surface area (Å²) in [5, 5.41) is 12.6. The maximum Gasteiger partial charge on any atom is 0.392 e. The number of ketones is 1. The zero-order chi connectivity index (χ0) is 23.0. The van der Waals surface area contributed by atoms with E-state index in [0.29, 0.717) is 23.3 Å². The number of halogens is 3. The molecule has 2 rings (SSSR count). The quantitative estimate of drug-likeness (QED) is 0.257. The number of rotatable bonds is 9. The van der Waals surface area contributed by atoms with E-state index < -0.39 is 31.5 Å². The number of hydrogen-bond acceptors (Lipinski definition) is 7. The molecule has 1 aromatic rings. The predicted octanol–water partition coefficient (Wildman–Crippen LogP) is 4.39. The van der Waals surface area contributed by atoms with Crippen molar-refractivity contribution in [3.05, 3.63) is 52.5 Å². The monoisotopic (exact) mass is 455 g/mol. The average molecular weight is 455 g/mol. The van der Waals surface area contributed by atoms with Crippen LogP contribution < -0.4 is 0 Å². The summed E-state index contributed by atoms with van der Waals surface area (Å²) in [5.74, 6) is -1.16. The Kier molecular flexibility index (Phi) is 8.71. The molecule has 31 heavy (non-hydrogen) atoms. The van der Waals surface area contributed by atoms with Gasteiger partial charge in [-0.05, 0) is 36.8 Å². The molecule has 0 saturated carbocycles. The van der Waals surface area contributed by atoms with Crippen molar-refractivity contribution < 1.29 is 37.4 Å². The van der Waals surface area contributed by atoms with Crippen molar-refractivity contribution in [3.8, 4) is 0 Å². The van der Waals surface area contributed by atoms with E-state index in [4.69, 9.17) is 5.11 Å². The Morgan fingerprint density at radius 3 is 2.55 bits per heavy atom. The topological polar surface area (TPSA) is 85.2 Å². The molecule has 0 aliphatic heterocycles. The Morgan fingerprint density at radius 1 is 1.26 bits per heavy atom. The number of allylic oxidation sites excluding steroid dienone is 4. The first kappa shape index (κ1) is 24.5. The number of nitrogens with zero attached hydrogens (tertiary/aromatic N) is 1. The second-order valence-corrected chi connectivity index (χ2v) is 7.67. The maximum absolute atomic E-state index is 12.3. The zero-order valence-electron chi connectivity index (χ0n) is 16.8. The lowest BCUT2D eigenvalue weighted by Gasteiger charge is -2.13. The van der Waals surface area contributed by atoms with Crippen LogP contribution in [0, 0.1) is 12.1 Å². The highest BCUT2D eigenvalue weighted by molar-refractivity contribution is 8.03. The third-order valence-corrected chi connectivity index (χ3v) is 4.94. The molecule has 1 aromatic carbocycles. The summed E-state index contributed by atoms with van der Waals surface area (Å²) >= 11 is 1.37. The third kappa shape index (κ3) is 8.47. The predicted molar refractivity (Wildman–Crippen MR) is 107 cm³/mol. The Balaban J connectivity index is 1.91. The Bertz CT molecular complexity index is 889. The van der Waals surface area contributed by atoms with Gasteiger partial charge >= 0.3 is 12.1 Å². The summed E-state index contributed by atoms with van der Waals surface area (Å²) in [4.78, 5) is 30.3. The average Bonchev–Trinajstić information content (AvgIpc) is 2.71. The van der Waals surface area contributed by atoms with Crippen molar-refractivity contribution >= 4 is 29.2 Å². The normalized spacial score (nSPS) is 15.4. The molecule has 166 valence electrons. The molecule has 1 N–H and O–H groups in total. The molecule has 0 spiro atoms. The first-order valence-electron chi connectivity index (χ1n) is 9.24. The van der Waals surface area contributed by atoms with Gasteiger partial charge in [-0.25, -0.2) is 4.79 Å². The van der Waals surface area contributed by atoms with Crippen molar-refractivity contribution in [2.45, 2.75) is 50.5 Å². The summed E-state index contributed by atoms with van der Waals surface area (Å²) < 4.78 is 40.9. The lowest BCUT2D eigenvalue weighted by atomic mass is 9.99. The number of aliphatic hydroxyl groups is 1. The van der Waals surface area contributed by atoms with Gasteiger partial charge in [0.2, 0.25) is 12.1 Å².